The van der Waals surface area contributed by atoms with E-state index in [1.54, 1.807) is 4.90 Å². The third-order valence-electron chi connectivity index (χ3n) is 9.89. The summed E-state index contributed by atoms with van der Waals surface area (Å²) in [6.45, 7) is 6.04. The van der Waals surface area contributed by atoms with E-state index in [2.05, 4.69) is 34.7 Å². The largest absolute Gasteiger partial charge is 0.359 e. The van der Waals surface area contributed by atoms with E-state index in [1.807, 2.05) is 62.4 Å². The molecule has 3 aliphatic heterocycles. The van der Waals surface area contributed by atoms with Crippen molar-refractivity contribution < 1.29 is 19.1 Å². The normalized spacial score (nSPS) is 28.0. The first-order valence-corrected chi connectivity index (χ1v) is 15.9. The maximum atomic E-state index is 14.2. The van der Waals surface area contributed by atoms with Crippen molar-refractivity contribution in [2.45, 2.75) is 82.7 Å². The first kappa shape index (κ1) is 29.6. The van der Waals surface area contributed by atoms with Crippen molar-refractivity contribution in [2.24, 2.45) is 11.8 Å². The number of amides is 3. The highest BCUT2D eigenvalue weighted by Gasteiger charge is 2.72. The lowest BCUT2D eigenvalue weighted by Gasteiger charge is -2.34. The molecule has 2 aromatic carbocycles. The molecule has 3 amide bonds. The second-order valence-electron chi connectivity index (χ2n) is 12.9. The first-order valence-electron chi connectivity index (χ1n) is 15.9. The third-order valence-corrected chi connectivity index (χ3v) is 9.89. The Bertz CT molecular complexity index is 1390. The van der Waals surface area contributed by atoms with Crippen LogP contribution in [0.25, 0.3) is 0 Å². The van der Waals surface area contributed by atoms with Gasteiger partial charge in [-0.3, -0.25) is 14.4 Å². The number of carbonyl (C=O) groups excluding carboxylic acids is 3. The van der Waals surface area contributed by atoms with Gasteiger partial charge in [-0.1, -0.05) is 67.8 Å². The van der Waals surface area contributed by atoms with Crippen molar-refractivity contribution in [2.75, 3.05) is 25.5 Å². The molecule has 5 atom stereocenters. The van der Waals surface area contributed by atoms with E-state index in [-0.39, 0.29) is 23.8 Å². The lowest BCUT2D eigenvalue weighted by molar-refractivity contribution is -0.141. The number of hydrogen-bond acceptors (Lipinski definition) is 5. The number of likely N-dealkylation sites (tertiary alicyclic amines) is 1. The zero-order chi connectivity index (χ0) is 30.1. The SMILES string of the molecule is Cc1ccc(NC(=O)[C@H]2[C@@H]3C=C[C@]4(O3)C(C(=O)NC3CCCCC3)N(CCCN(C)Cc3ccccc3)C(=O)[C@@H]24)cc1C. The van der Waals surface area contributed by atoms with Gasteiger partial charge in [-0.05, 0) is 75.5 Å². The zero-order valence-corrected chi connectivity index (χ0v) is 25.6. The number of benzene rings is 2. The van der Waals surface area contributed by atoms with Crippen LogP contribution >= 0.6 is 0 Å². The molecular weight excluding hydrogens is 540 g/mol. The molecule has 3 heterocycles. The number of aryl methyl sites for hydroxylation is 2. The maximum Gasteiger partial charge on any atom is 0.246 e. The van der Waals surface area contributed by atoms with E-state index in [1.165, 1.54) is 12.0 Å². The van der Waals surface area contributed by atoms with E-state index in [4.69, 9.17) is 4.74 Å². The fourth-order valence-electron chi connectivity index (χ4n) is 7.56. The Labute approximate surface area is 254 Å². The van der Waals surface area contributed by atoms with Crippen LogP contribution in [0, 0.1) is 25.7 Å². The van der Waals surface area contributed by atoms with Crippen LogP contribution in [0.5, 0.6) is 0 Å². The van der Waals surface area contributed by atoms with E-state index >= 15 is 0 Å². The first-order chi connectivity index (χ1) is 20.8. The van der Waals surface area contributed by atoms with Crippen LogP contribution < -0.4 is 10.6 Å². The Hall–Kier alpha value is -3.49. The Morgan fingerprint density at radius 1 is 1.02 bits per heavy atom. The minimum atomic E-state index is -1.14. The standard InChI is InChI=1S/C35H44N4O4/c1-23-15-16-27(21-24(23)2)37-32(40)29-28-17-18-35(43-28)30(29)34(42)39(31(35)33(41)36-26-13-8-5-9-14-26)20-10-19-38(3)22-25-11-6-4-7-12-25/h4,6-7,11-12,15-18,21,26,28-31H,5,8-10,13-14,19-20,22H2,1-3H3,(H,36,41)(H,37,40)/t28-,29-,30+,31?,35+/m0/s1. The Morgan fingerprint density at radius 2 is 1.79 bits per heavy atom. The van der Waals surface area contributed by atoms with Gasteiger partial charge in [0.1, 0.15) is 11.6 Å². The van der Waals surface area contributed by atoms with Crippen molar-refractivity contribution in [3.05, 3.63) is 77.4 Å². The van der Waals surface area contributed by atoms with Gasteiger partial charge >= 0.3 is 0 Å². The molecule has 43 heavy (non-hydrogen) atoms. The maximum absolute atomic E-state index is 14.2. The molecule has 1 unspecified atom stereocenters. The summed E-state index contributed by atoms with van der Waals surface area (Å²) in [5.41, 5.74) is 3.02. The molecule has 2 aromatic rings. The van der Waals surface area contributed by atoms with Gasteiger partial charge in [-0.15, -0.1) is 0 Å². The molecular formula is C35H44N4O4. The molecule has 1 aliphatic carbocycles. The van der Waals surface area contributed by atoms with Crippen LogP contribution in [0.15, 0.2) is 60.7 Å². The molecule has 8 nitrogen and oxygen atoms in total. The lowest BCUT2D eigenvalue weighted by Crippen LogP contribution is -2.56. The van der Waals surface area contributed by atoms with Gasteiger partial charge in [0.25, 0.3) is 0 Å². The van der Waals surface area contributed by atoms with Crippen molar-refractivity contribution >= 4 is 23.4 Å². The molecule has 2 bridgehead atoms. The fraction of sp³-hybridized carbons (Fsp3) is 0.514. The van der Waals surface area contributed by atoms with Crippen molar-refractivity contribution in [1.82, 2.24) is 15.1 Å². The summed E-state index contributed by atoms with van der Waals surface area (Å²) in [6, 6.07) is 15.4. The molecule has 2 N–H and O–H groups in total. The molecule has 6 rings (SSSR count). The number of rotatable bonds is 10. The minimum Gasteiger partial charge on any atom is -0.359 e. The highest BCUT2D eigenvalue weighted by Crippen LogP contribution is 2.55. The smallest absolute Gasteiger partial charge is 0.246 e. The zero-order valence-electron chi connectivity index (χ0n) is 25.6. The predicted octanol–water partition coefficient (Wildman–Crippen LogP) is 4.36. The topological polar surface area (TPSA) is 91.0 Å². The van der Waals surface area contributed by atoms with Crippen LogP contribution in [-0.2, 0) is 25.7 Å². The average Bonchev–Trinajstić information content (AvgIpc) is 3.63. The predicted molar refractivity (Wildman–Crippen MR) is 166 cm³/mol. The number of carbonyl (C=O) groups is 3. The lowest BCUT2D eigenvalue weighted by atomic mass is 9.74. The Kier molecular flexibility index (Phi) is 8.42. The molecule has 0 radical (unpaired) electrons. The summed E-state index contributed by atoms with van der Waals surface area (Å²) in [7, 11) is 2.07. The number of fused-ring (bicyclic) bond motifs is 1. The van der Waals surface area contributed by atoms with Crippen LogP contribution in [0.4, 0.5) is 5.69 Å². The van der Waals surface area contributed by atoms with Gasteiger partial charge < -0.3 is 25.2 Å². The minimum absolute atomic E-state index is 0.108. The van der Waals surface area contributed by atoms with Crippen molar-refractivity contribution in [1.29, 1.82) is 0 Å². The average molecular weight is 585 g/mol. The van der Waals surface area contributed by atoms with Crippen LogP contribution in [-0.4, -0.2) is 71.4 Å². The molecule has 2 saturated heterocycles. The highest BCUT2D eigenvalue weighted by atomic mass is 16.5. The number of nitrogens with zero attached hydrogens (tertiary/aromatic N) is 2. The summed E-state index contributed by atoms with van der Waals surface area (Å²) in [6.07, 6.45) is 9.23. The summed E-state index contributed by atoms with van der Waals surface area (Å²) in [5, 5.41) is 6.31. The Balaban J connectivity index is 1.21. The number of anilines is 1. The van der Waals surface area contributed by atoms with Crippen LogP contribution in [0.2, 0.25) is 0 Å². The van der Waals surface area contributed by atoms with Gasteiger partial charge in [0.2, 0.25) is 17.7 Å². The molecule has 1 saturated carbocycles. The molecule has 228 valence electrons. The molecule has 1 spiro atoms. The second kappa shape index (κ2) is 12.2. The van der Waals surface area contributed by atoms with Crippen LogP contribution in [0.3, 0.4) is 0 Å². The number of ether oxygens (including phenoxy) is 1. The quantitative estimate of drug-likeness (QED) is 0.405. The third kappa shape index (κ3) is 5.75. The van der Waals surface area contributed by atoms with E-state index in [0.717, 1.165) is 49.9 Å². The summed E-state index contributed by atoms with van der Waals surface area (Å²) < 4.78 is 6.52. The number of nitrogens with one attached hydrogen (secondary N) is 2. The van der Waals surface area contributed by atoms with Gasteiger partial charge in [0.15, 0.2) is 0 Å². The molecule has 4 aliphatic rings. The van der Waals surface area contributed by atoms with E-state index in [0.29, 0.717) is 18.7 Å². The second-order valence-corrected chi connectivity index (χ2v) is 12.9. The molecule has 0 aromatic heterocycles. The van der Waals surface area contributed by atoms with E-state index in [9.17, 15) is 14.4 Å². The van der Waals surface area contributed by atoms with Gasteiger partial charge in [-0.2, -0.15) is 0 Å². The van der Waals surface area contributed by atoms with Crippen LogP contribution in [0.1, 0.15) is 55.2 Å². The monoisotopic (exact) mass is 584 g/mol. The highest BCUT2D eigenvalue weighted by molar-refractivity contribution is 6.02. The fourth-order valence-corrected chi connectivity index (χ4v) is 7.56. The Morgan fingerprint density at radius 3 is 2.53 bits per heavy atom. The van der Waals surface area contributed by atoms with Gasteiger partial charge in [0.05, 0.1) is 17.9 Å². The van der Waals surface area contributed by atoms with E-state index < -0.39 is 29.6 Å². The van der Waals surface area contributed by atoms with Crippen molar-refractivity contribution in [3.8, 4) is 0 Å². The summed E-state index contributed by atoms with van der Waals surface area (Å²) >= 11 is 0. The van der Waals surface area contributed by atoms with Gasteiger partial charge in [0, 0.05) is 24.8 Å². The molecule has 8 heteroatoms. The van der Waals surface area contributed by atoms with Gasteiger partial charge in [-0.25, -0.2) is 0 Å². The van der Waals surface area contributed by atoms with Crippen molar-refractivity contribution in [3.63, 3.8) is 0 Å². The summed E-state index contributed by atoms with van der Waals surface area (Å²) in [4.78, 5) is 46.0. The summed E-state index contributed by atoms with van der Waals surface area (Å²) in [5.74, 6) is -2.01. The number of hydrogen-bond donors (Lipinski definition) is 2. The molecule has 3 fully saturated rings.